The molecule has 156 valence electrons. The molecule has 0 bridgehead atoms. The first-order valence-electron chi connectivity index (χ1n) is 9.78. The molecular weight excluding hydrogens is 372 g/mol. The van der Waals surface area contributed by atoms with Crippen molar-refractivity contribution in [3.05, 3.63) is 40.8 Å². The van der Waals surface area contributed by atoms with Crippen LogP contribution in [0.5, 0.6) is 0 Å². The molecule has 0 saturated carbocycles. The van der Waals surface area contributed by atoms with Crippen LogP contribution in [0.4, 0.5) is 5.82 Å². The molecular formula is C21H28N4O4. The van der Waals surface area contributed by atoms with Gasteiger partial charge in [-0.3, -0.25) is 4.68 Å². The minimum absolute atomic E-state index is 0.159. The maximum Gasteiger partial charge on any atom is 0.359 e. The minimum Gasteiger partial charge on any atom is -0.461 e. The highest BCUT2D eigenvalue weighted by Crippen LogP contribution is 2.32. The van der Waals surface area contributed by atoms with E-state index in [2.05, 4.69) is 21.9 Å². The Hall–Kier alpha value is -2.90. The number of carbonyl (C=O) groups excluding carboxylic acids is 2. The van der Waals surface area contributed by atoms with Crippen LogP contribution >= 0.6 is 0 Å². The summed E-state index contributed by atoms with van der Waals surface area (Å²) in [7, 11) is 1.85. The topological polar surface area (TPSA) is 86.6 Å². The third kappa shape index (κ3) is 4.41. The van der Waals surface area contributed by atoms with Crippen LogP contribution in [0.15, 0.2) is 18.3 Å². The Balaban J connectivity index is 1.84. The normalized spacial score (nSPS) is 16.3. The van der Waals surface area contributed by atoms with Gasteiger partial charge in [-0.15, -0.1) is 0 Å². The summed E-state index contributed by atoms with van der Waals surface area (Å²) in [4.78, 5) is 31.1. The van der Waals surface area contributed by atoms with Gasteiger partial charge in [-0.1, -0.05) is 6.92 Å². The molecule has 0 saturated heterocycles. The van der Waals surface area contributed by atoms with Crippen molar-refractivity contribution in [2.75, 3.05) is 18.1 Å². The van der Waals surface area contributed by atoms with Crippen molar-refractivity contribution in [3.8, 4) is 0 Å². The second-order valence-electron chi connectivity index (χ2n) is 8.25. The number of hydrogen-bond donors (Lipinski definition) is 0. The first kappa shape index (κ1) is 20.8. The SMILES string of the molecule is CCOC(=O)c1nn(C)c2c1CN(c1ccc(C(=O)OC(C)(C)C)cn1)C[C@@H]2C. The van der Waals surface area contributed by atoms with E-state index < -0.39 is 17.5 Å². The molecule has 8 heteroatoms. The van der Waals surface area contributed by atoms with Gasteiger partial charge in [-0.2, -0.15) is 5.10 Å². The summed E-state index contributed by atoms with van der Waals surface area (Å²) in [5.74, 6) is 0.0783. The second kappa shape index (κ2) is 7.85. The summed E-state index contributed by atoms with van der Waals surface area (Å²) in [6.45, 7) is 10.9. The second-order valence-corrected chi connectivity index (χ2v) is 8.25. The fraction of sp³-hybridized carbons (Fsp3) is 0.524. The van der Waals surface area contributed by atoms with Gasteiger partial charge in [0.05, 0.1) is 12.2 Å². The van der Waals surface area contributed by atoms with Gasteiger partial charge in [-0.25, -0.2) is 14.6 Å². The van der Waals surface area contributed by atoms with E-state index in [1.165, 1.54) is 6.20 Å². The molecule has 3 rings (SSSR count). The molecule has 1 aliphatic heterocycles. The van der Waals surface area contributed by atoms with Crippen LogP contribution in [-0.4, -0.2) is 45.5 Å². The van der Waals surface area contributed by atoms with Gasteiger partial charge in [0, 0.05) is 43.5 Å². The lowest BCUT2D eigenvalue weighted by atomic mass is 9.96. The number of hydrogen-bond acceptors (Lipinski definition) is 7. The first-order valence-corrected chi connectivity index (χ1v) is 9.78. The van der Waals surface area contributed by atoms with Crippen LogP contribution in [0.25, 0.3) is 0 Å². The van der Waals surface area contributed by atoms with E-state index in [1.807, 2.05) is 27.8 Å². The number of ether oxygens (including phenoxy) is 2. The van der Waals surface area contributed by atoms with Gasteiger partial charge in [0.15, 0.2) is 5.69 Å². The van der Waals surface area contributed by atoms with Crippen molar-refractivity contribution < 1.29 is 19.1 Å². The van der Waals surface area contributed by atoms with Crippen molar-refractivity contribution in [2.24, 2.45) is 7.05 Å². The molecule has 1 aliphatic rings. The zero-order valence-electron chi connectivity index (χ0n) is 17.9. The summed E-state index contributed by atoms with van der Waals surface area (Å²) in [6.07, 6.45) is 1.53. The van der Waals surface area contributed by atoms with E-state index in [0.717, 1.165) is 23.6 Å². The lowest BCUT2D eigenvalue weighted by Gasteiger charge is -2.32. The summed E-state index contributed by atoms with van der Waals surface area (Å²) in [5, 5.41) is 4.39. The number of anilines is 1. The predicted octanol–water partition coefficient (Wildman–Crippen LogP) is 3.07. The van der Waals surface area contributed by atoms with E-state index in [1.54, 1.807) is 23.7 Å². The minimum atomic E-state index is -0.557. The number of fused-ring (bicyclic) bond motifs is 1. The highest BCUT2D eigenvalue weighted by atomic mass is 16.6. The van der Waals surface area contributed by atoms with Gasteiger partial charge in [0.1, 0.15) is 11.4 Å². The number of aromatic nitrogens is 3. The molecule has 0 unspecified atom stereocenters. The van der Waals surface area contributed by atoms with Crippen LogP contribution in [0.3, 0.4) is 0 Å². The largest absolute Gasteiger partial charge is 0.461 e. The summed E-state index contributed by atoms with van der Waals surface area (Å²) in [6, 6.07) is 3.52. The number of rotatable bonds is 4. The van der Waals surface area contributed by atoms with Crippen LogP contribution in [0.1, 0.15) is 72.6 Å². The summed E-state index contributed by atoms with van der Waals surface area (Å²) >= 11 is 0. The van der Waals surface area contributed by atoms with Crippen molar-refractivity contribution >= 4 is 17.8 Å². The molecule has 0 radical (unpaired) electrons. The van der Waals surface area contributed by atoms with Crippen LogP contribution in [0.2, 0.25) is 0 Å². The average molecular weight is 400 g/mol. The quantitative estimate of drug-likeness (QED) is 0.729. The number of carbonyl (C=O) groups is 2. The van der Waals surface area contributed by atoms with Crippen LogP contribution in [-0.2, 0) is 23.1 Å². The first-order chi connectivity index (χ1) is 13.6. The highest BCUT2D eigenvalue weighted by molar-refractivity contribution is 5.90. The number of nitrogens with zero attached hydrogens (tertiary/aromatic N) is 4. The summed E-state index contributed by atoms with van der Waals surface area (Å²) < 4.78 is 12.3. The van der Waals surface area contributed by atoms with E-state index in [0.29, 0.717) is 24.4 Å². The molecule has 2 aromatic rings. The van der Waals surface area contributed by atoms with E-state index in [4.69, 9.17) is 9.47 Å². The average Bonchev–Trinajstić information content (AvgIpc) is 2.98. The zero-order chi connectivity index (χ0) is 21.3. The van der Waals surface area contributed by atoms with Gasteiger partial charge in [0.2, 0.25) is 0 Å². The Morgan fingerprint density at radius 3 is 2.55 bits per heavy atom. The van der Waals surface area contributed by atoms with Gasteiger partial charge in [-0.05, 0) is 39.8 Å². The van der Waals surface area contributed by atoms with Gasteiger partial charge in [0.25, 0.3) is 0 Å². The maximum atomic E-state index is 12.3. The number of pyridine rings is 1. The fourth-order valence-corrected chi connectivity index (χ4v) is 3.59. The molecule has 3 heterocycles. The molecule has 0 fully saturated rings. The van der Waals surface area contributed by atoms with Crippen molar-refractivity contribution in [1.29, 1.82) is 0 Å². The van der Waals surface area contributed by atoms with Crippen molar-refractivity contribution in [1.82, 2.24) is 14.8 Å². The molecule has 1 atom stereocenters. The van der Waals surface area contributed by atoms with Crippen molar-refractivity contribution in [2.45, 2.75) is 52.7 Å². The Bertz CT molecular complexity index is 912. The van der Waals surface area contributed by atoms with E-state index in [9.17, 15) is 9.59 Å². The molecule has 0 N–H and O–H groups in total. The van der Waals surface area contributed by atoms with Crippen LogP contribution < -0.4 is 4.90 Å². The molecule has 0 aliphatic carbocycles. The van der Waals surface area contributed by atoms with E-state index in [-0.39, 0.29) is 5.92 Å². The number of esters is 2. The number of aryl methyl sites for hydroxylation is 1. The van der Waals surface area contributed by atoms with E-state index >= 15 is 0 Å². The molecule has 29 heavy (non-hydrogen) atoms. The summed E-state index contributed by atoms with van der Waals surface area (Å²) in [5.41, 5.74) is 2.10. The van der Waals surface area contributed by atoms with Gasteiger partial charge < -0.3 is 14.4 Å². The zero-order valence-corrected chi connectivity index (χ0v) is 17.9. The smallest absolute Gasteiger partial charge is 0.359 e. The van der Waals surface area contributed by atoms with Gasteiger partial charge >= 0.3 is 11.9 Å². The Labute approximate surface area is 170 Å². The fourth-order valence-electron chi connectivity index (χ4n) is 3.59. The maximum absolute atomic E-state index is 12.3. The monoisotopic (exact) mass is 400 g/mol. The molecule has 8 nitrogen and oxygen atoms in total. The van der Waals surface area contributed by atoms with Crippen molar-refractivity contribution in [3.63, 3.8) is 0 Å². The third-order valence-electron chi connectivity index (χ3n) is 4.68. The molecule has 2 aromatic heterocycles. The highest BCUT2D eigenvalue weighted by Gasteiger charge is 2.32. The third-order valence-corrected chi connectivity index (χ3v) is 4.68. The predicted molar refractivity (Wildman–Crippen MR) is 108 cm³/mol. The lowest BCUT2D eigenvalue weighted by molar-refractivity contribution is 0.00688. The standard InChI is InChI=1S/C21H28N4O4/c1-7-28-20(27)17-15-12-25(11-13(2)18(15)24(6)23-17)16-9-8-14(10-22-16)19(26)29-21(3,4)5/h8-10,13H,7,11-12H2,1-6H3/t13-/m0/s1. The molecule has 0 amide bonds. The lowest BCUT2D eigenvalue weighted by Crippen LogP contribution is -2.34. The van der Waals surface area contributed by atoms with Crippen LogP contribution in [0, 0.1) is 0 Å². The Morgan fingerprint density at radius 1 is 1.24 bits per heavy atom. The Kier molecular flexibility index (Phi) is 5.64. The Morgan fingerprint density at radius 2 is 1.97 bits per heavy atom. The molecule has 0 aromatic carbocycles. The molecule has 0 spiro atoms.